The van der Waals surface area contributed by atoms with Crippen molar-refractivity contribution < 1.29 is 4.79 Å². The first kappa shape index (κ1) is 19.2. The molecule has 0 saturated carbocycles. The normalized spacial score (nSPS) is 11.0. The van der Waals surface area contributed by atoms with Crippen molar-refractivity contribution in [1.82, 2.24) is 14.8 Å². The molecule has 29 heavy (non-hydrogen) atoms. The summed E-state index contributed by atoms with van der Waals surface area (Å²) in [6.45, 7) is 5.93. The van der Waals surface area contributed by atoms with E-state index in [1.54, 1.807) is 0 Å². The minimum absolute atomic E-state index is 0.0698. The molecule has 4 rings (SSSR count). The first-order valence-corrected chi connectivity index (χ1v) is 10.4. The fraction of sp³-hybridized carbons (Fsp3) is 0.174. The van der Waals surface area contributed by atoms with E-state index in [9.17, 15) is 4.79 Å². The van der Waals surface area contributed by atoms with Crippen LogP contribution in [0, 0.1) is 20.8 Å². The SMILES string of the molecule is Cc1ccc(-n2nc(C)c(NC(=O)CSc3ccc4ccccc4n3)c2C)cc1. The Bertz CT molecular complexity index is 1180. The Kier molecular flexibility index (Phi) is 5.36. The van der Waals surface area contributed by atoms with Gasteiger partial charge in [0, 0.05) is 5.39 Å². The quantitative estimate of drug-likeness (QED) is 0.473. The van der Waals surface area contributed by atoms with Gasteiger partial charge in [-0.3, -0.25) is 4.79 Å². The van der Waals surface area contributed by atoms with Crippen molar-refractivity contribution in [3.05, 3.63) is 77.6 Å². The number of carbonyl (C=O) groups is 1. The van der Waals surface area contributed by atoms with E-state index in [4.69, 9.17) is 0 Å². The van der Waals surface area contributed by atoms with Gasteiger partial charge in [0.25, 0.3) is 0 Å². The molecule has 5 nitrogen and oxygen atoms in total. The minimum atomic E-state index is -0.0698. The summed E-state index contributed by atoms with van der Waals surface area (Å²) < 4.78 is 1.86. The van der Waals surface area contributed by atoms with Gasteiger partial charge in [-0.25, -0.2) is 9.67 Å². The molecule has 2 aromatic carbocycles. The van der Waals surface area contributed by atoms with Crippen LogP contribution >= 0.6 is 11.8 Å². The van der Waals surface area contributed by atoms with Crippen molar-refractivity contribution in [2.24, 2.45) is 0 Å². The van der Waals surface area contributed by atoms with Crippen molar-refractivity contribution in [1.29, 1.82) is 0 Å². The second-order valence-electron chi connectivity index (χ2n) is 6.97. The van der Waals surface area contributed by atoms with Crippen LogP contribution in [0.5, 0.6) is 0 Å². The molecule has 2 heterocycles. The fourth-order valence-corrected chi connectivity index (χ4v) is 3.88. The number of aromatic nitrogens is 3. The van der Waals surface area contributed by atoms with Crippen LogP contribution in [-0.2, 0) is 4.79 Å². The third-order valence-corrected chi connectivity index (χ3v) is 5.69. The lowest BCUT2D eigenvalue weighted by Gasteiger charge is -2.08. The largest absolute Gasteiger partial charge is 0.322 e. The molecular formula is C23H22N4OS. The molecule has 0 aliphatic rings. The summed E-state index contributed by atoms with van der Waals surface area (Å²) in [5.41, 5.74) is 5.58. The van der Waals surface area contributed by atoms with E-state index in [-0.39, 0.29) is 5.91 Å². The van der Waals surface area contributed by atoms with Crippen molar-refractivity contribution >= 4 is 34.3 Å². The Morgan fingerprint density at radius 2 is 1.76 bits per heavy atom. The molecule has 0 radical (unpaired) electrons. The van der Waals surface area contributed by atoms with Gasteiger partial charge in [-0.15, -0.1) is 0 Å². The Morgan fingerprint density at radius 3 is 2.55 bits per heavy atom. The van der Waals surface area contributed by atoms with Gasteiger partial charge in [-0.05, 0) is 45.0 Å². The Balaban J connectivity index is 1.46. The molecule has 1 N–H and O–H groups in total. The predicted octanol–water partition coefficient (Wildman–Crippen LogP) is 5.08. The van der Waals surface area contributed by atoms with E-state index in [2.05, 4.69) is 34.5 Å². The molecule has 2 aromatic heterocycles. The zero-order valence-electron chi connectivity index (χ0n) is 16.6. The molecule has 0 aliphatic carbocycles. The molecule has 146 valence electrons. The number of hydrogen-bond donors (Lipinski definition) is 1. The number of nitrogens with one attached hydrogen (secondary N) is 1. The van der Waals surface area contributed by atoms with Gasteiger partial charge in [0.2, 0.25) is 5.91 Å². The van der Waals surface area contributed by atoms with Gasteiger partial charge < -0.3 is 5.32 Å². The number of hydrogen-bond acceptors (Lipinski definition) is 4. The Labute approximate surface area is 174 Å². The maximum atomic E-state index is 12.5. The topological polar surface area (TPSA) is 59.8 Å². The maximum Gasteiger partial charge on any atom is 0.234 e. The molecule has 0 fully saturated rings. The standard InChI is InChI=1S/C23H22N4OS/c1-15-8-11-19(12-9-15)27-17(3)23(16(2)26-27)25-21(28)14-29-22-13-10-18-6-4-5-7-20(18)24-22/h4-13H,14H2,1-3H3,(H,25,28). The van der Waals surface area contributed by atoms with Gasteiger partial charge in [-0.2, -0.15) is 5.10 Å². The lowest BCUT2D eigenvalue weighted by Crippen LogP contribution is -2.15. The third-order valence-electron chi connectivity index (χ3n) is 4.76. The van der Waals surface area contributed by atoms with Gasteiger partial charge in [0.05, 0.1) is 39.1 Å². The molecule has 0 spiro atoms. The van der Waals surface area contributed by atoms with Crippen LogP contribution in [0.1, 0.15) is 17.0 Å². The number of fused-ring (bicyclic) bond motifs is 1. The summed E-state index contributed by atoms with van der Waals surface area (Å²) >= 11 is 1.43. The Hall–Kier alpha value is -3.12. The summed E-state index contributed by atoms with van der Waals surface area (Å²) in [6.07, 6.45) is 0. The lowest BCUT2D eigenvalue weighted by atomic mass is 10.2. The van der Waals surface area contributed by atoms with E-state index < -0.39 is 0 Å². The molecule has 0 atom stereocenters. The molecule has 0 bridgehead atoms. The molecule has 4 aromatic rings. The second kappa shape index (κ2) is 8.09. The number of anilines is 1. The van der Waals surface area contributed by atoms with Crippen LogP contribution < -0.4 is 5.32 Å². The molecule has 6 heteroatoms. The predicted molar refractivity (Wildman–Crippen MR) is 119 cm³/mol. The number of aryl methyl sites for hydroxylation is 2. The third kappa shape index (κ3) is 4.17. The average Bonchev–Trinajstić information content (AvgIpc) is 3.01. The lowest BCUT2D eigenvalue weighted by molar-refractivity contribution is -0.113. The molecule has 0 aliphatic heterocycles. The molecule has 0 unspecified atom stereocenters. The summed E-state index contributed by atoms with van der Waals surface area (Å²) in [7, 11) is 0. The number of pyridine rings is 1. The zero-order valence-corrected chi connectivity index (χ0v) is 17.5. The van der Waals surface area contributed by atoms with Crippen LogP contribution in [0.4, 0.5) is 5.69 Å². The smallest absolute Gasteiger partial charge is 0.234 e. The number of benzene rings is 2. The monoisotopic (exact) mass is 402 g/mol. The van der Waals surface area contributed by atoms with E-state index >= 15 is 0 Å². The first-order chi connectivity index (χ1) is 14.0. The van der Waals surface area contributed by atoms with E-state index in [0.717, 1.165) is 38.7 Å². The number of thioether (sulfide) groups is 1. The molecule has 0 saturated heterocycles. The van der Waals surface area contributed by atoms with E-state index in [1.165, 1.54) is 17.3 Å². The highest BCUT2D eigenvalue weighted by Crippen LogP contribution is 2.24. The van der Waals surface area contributed by atoms with Crippen LogP contribution in [0.25, 0.3) is 16.6 Å². The summed E-state index contributed by atoms with van der Waals surface area (Å²) in [4.78, 5) is 17.2. The maximum absolute atomic E-state index is 12.5. The van der Waals surface area contributed by atoms with Gasteiger partial charge >= 0.3 is 0 Å². The van der Waals surface area contributed by atoms with Crippen molar-refractivity contribution in [2.45, 2.75) is 25.8 Å². The number of rotatable bonds is 5. The number of carbonyl (C=O) groups excluding carboxylic acids is 1. The summed E-state index contributed by atoms with van der Waals surface area (Å²) in [5, 5.41) is 9.54. The molecular weight excluding hydrogens is 380 g/mol. The minimum Gasteiger partial charge on any atom is -0.322 e. The fourth-order valence-electron chi connectivity index (χ4n) is 3.20. The first-order valence-electron chi connectivity index (χ1n) is 9.43. The zero-order chi connectivity index (χ0) is 20.4. The van der Waals surface area contributed by atoms with Crippen LogP contribution in [0.2, 0.25) is 0 Å². The number of para-hydroxylation sites is 1. The van der Waals surface area contributed by atoms with E-state index in [1.807, 2.05) is 67.1 Å². The number of nitrogens with zero attached hydrogens (tertiary/aromatic N) is 3. The van der Waals surface area contributed by atoms with Crippen LogP contribution in [0.15, 0.2) is 65.7 Å². The van der Waals surface area contributed by atoms with Gasteiger partial charge in [-0.1, -0.05) is 53.7 Å². The second-order valence-corrected chi connectivity index (χ2v) is 7.97. The van der Waals surface area contributed by atoms with Gasteiger partial charge in [0.15, 0.2) is 0 Å². The summed E-state index contributed by atoms with van der Waals surface area (Å²) in [5.74, 6) is 0.222. The average molecular weight is 403 g/mol. The summed E-state index contributed by atoms with van der Waals surface area (Å²) in [6, 6.07) is 20.1. The van der Waals surface area contributed by atoms with Crippen molar-refractivity contribution in [3.8, 4) is 5.69 Å². The van der Waals surface area contributed by atoms with Crippen LogP contribution in [0.3, 0.4) is 0 Å². The highest BCUT2D eigenvalue weighted by atomic mass is 32.2. The highest BCUT2D eigenvalue weighted by molar-refractivity contribution is 7.99. The van der Waals surface area contributed by atoms with Gasteiger partial charge in [0.1, 0.15) is 0 Å². The van der Waals surface area contributed by atoms with E-state index in [0.29, 0.717) is 5.75 Å². The highest BCUT2D eigenvalue weighted by Gasteiger charge is 2.15. The van der Waals surface area contributed by atoms with Crippen molar-refractivity contribution in [2.75, 3.05) is 11.1 Å². The number of amides is 1. The van der Waals surface area contributed by atoms with Crippen LogP contribution in [-0.4, -0.2) is 26.4 Å². The van der Waals surface area contributed by atoms with Crippen molar-refractivity contribution in [3.63, 3.8) is 0 Å². The molecule has 1 amide bonds. The Morgan fingerprint density at radius 1 is 1.00 bits per heavy atom.